The van der Waals surface area contributed by atoms with Crippen LogP contribution in [0.15, 0.2) is 59.1 Å². The summed E-state index contributed by atoms with van der Waals surface area (Å²) in [6.45, 7) is 0. The maximum atomic E-state index is 12.1. The molecule has 0 aromatic heterocycles. The Bertz CT molecular complexity index is 792. The first-order chi connectivity index (χ1) is 13.0. The molecule has 2 aromatic carbocycles. The molecule has 0 fully saturated rings. The summed E-state index contributed by atoms with van der Waals surface area (Å²) in [6, 6.07) is 16.8. The van der Waals surface area contributed by atoms with Crippen LogP contribution in [0.2, 0.25) is 0 Å². The average molecular weight is 467 g/mol. The number of rotatable bonds is 7. The zero-order valence-corrected chi connectivity index (χ0v) is 17.5. The minimum absolute atomic E-state index is 0.0395. The molecule has 2 aromatic rings. The Kier molecular flexibility index (Phi) is 8.56. The molecule has 0 spiro atoms. The van der Waals surface area contributed by atoms with E-state index in [1.54, 1.807) is 0 Å². The SMILES string of the molecule is O=CC(CC(=O)NNC(=S)Nc1ccccc1Br)C(S)Nc1ccccc1. The zero-order valence-electron chi connectivity index (χ0n) is 14.2. The number of amides is 1. The number of anilines is 2. The highest BCUT2D eigenvalue weighted by Crippen LogP contribution is 2.21. The number of carbonyl (C=O) groups excluding carboxylic acids is 2. The van der Waals surface area contributed by atoms with E-state index in [1.165, 1.54) is 0 Å². The molecule has 27 heavy (non-hydrogen) atoms. The van der Waals surface area contributed by atoms with Crippen LogP contribution in [0.25, 0.3) is 0 Å². The van der Waals surface area contributed by atoms with Crippen LogP contribution < -0.4 is 21.5 Å². The lowest BCUT2D eigenvalue weighted by Gasteiger charge is -2.20. The second-order valence-corrected chi connectivity index (χ2v) is 7.39. The summed E-state index contributed by atoms with van der Waals surface area (Å²) < 4.78 is 0.839. The van der Waals surface area contributed by atoms with Gasteiger partial charge >= 0.3 is 0 Å². The van der Waals surface area contributed by atoms with Gasteiger partial charge < -0.3 is 15.4 Å². The van der Waals surface area contributed by atoms with Crippen molar-refractivity contribution in [3.63, 3.8) is 0 Å². The van der Waals surface area contributed by atoms with Gasteiger partial charge in [0.1, 0.15) is 6.29 Å². The lowest BCUT2D eigenvalue weighted by molar-refractivity contribution is -0.124. The standard InChI is InChI=1S/C18H19BrN4O2S2/c19-14-8-4-5-9-15(14)21-18(27)23-22-16(25)10-12(11-24)17(26)20-13-6-2-1-3-7-13/h1-9,11-12,17,20,26H,10H2,(H,22,25)(H2,21,23,27). The minimum Gasteiger partial charge on any atom is -0.373 e. The highest BCUT2D eigenvalue weighted by Gasteiger charge is 2.21. The largest absolute Gasteiger partial charge is 0.373 e. The molecule has 0 heterocycles. The molecule has 0 saturated heterocycles. The van der Waals surface area contributed by atoms with Crippen molar-refractivity contribution in [2.24, 2.45) is 5.92 Å². The third-order valence-electron chi connectivity index (χ3n) is 3.53. The van der Waals surface area contributed by atoms with Gasteiger partial charge in [0.25, 0.3) is 0 Å². The summed E-state index contributed by atoms with van der Waals surface area (Å²) >= 11 is 12.9. The van der Waals surface area contributed by atoms with Crippen LogP contribution in [0, 0.1) is 5.92 Å². The summed E-state index contributed by atoms with van der Waals surface area (Å²) in [6.07, 6.45) is 0.674. The molecule has 1 amide bonds. The van der Waals surface area contributed by atoms with E-state index in [4.69, 9.17) is 12.2 Å². The summed E-state index contributed by atoms with van der Waals surface area (Å²) in [4.78, 5) is 23.5. The fourth-order valence-electron chi connectivity index (χ4n) is 2.15. The Hall–Kier alpha value is -2.10. The number of nitrogens with one attached hydrogen (secondary N) is 4. The summed E-state index contributed by atoms with van der Waals surface area (Å²) in [5.41, 5.74) is 6.67. The van der Waals surface area contributed by atoms with Crippen LogP contribution in [0.3, 0.4) is 0 Å². The monoisotopic (exact) mass is 466 g/mol. The van der Waals surface area contributed by atoms with Crippen molar-refractivity contribution < 1.29 is 9.59 Å². The van der Waals surface area contributed by atoms with Gasteiger partial charge in [0.15, 0.2) is 5.11 Å². The molecule has 9 heteroatoms. The molecule has 0 aliphatic carbocycles. The van der Waals surface area contributed by atoms with Gasteiger partial charge in [0, 0.05) is 16.6 Å². The van der Waals surface area contributed by atoms with E-state index < -0.39 is 11.3 Å². The van der Waals surface area contributed by atoms with Crippen molar-refractivity contribution in [1.29, 1.82) is 0 Å². The zero-order chi connectivity index (χ0) is 19.6. The Balaban J connectivity index is 1.80. The normalized spacial score (nSPS) is 12.4. The van der Waals surface area contributed by atoms with Gasteiger partial charge in [-0.15, -0.1) is 0 Å². The van der Waals surface area contributed by atoms with Crippen molar-refractivity contribution in [2.45, 2.75) is 11.8 Å². The second kappa shape index (κ2) is 10.9. The van der Waals surface area contributed by atoms with Gasteiger partial charge in [-0.05, 0) is 52.4 Å². The second-order valence-electron chi connectivity index (χ2n) is 5.57. The number of benzene rings is 2. The first-order valence-electron chi connectivity index (χ1n) is 8.05. The summed E-state index contributed by atoms with van der Waals surface area (Å²) in [5, 5.41) is 5.77. The average Bonchev–Trinajstić information content (AvgIpc) is 2.67. The number of carbonyl (C=O) groups is 2. The van der Waals surface area contributed by atoms with Gasteiger partial charge in [-0.1, -0.05) is 30.3 Å². The molecule has 4 N–H and O–H groups in total. The molecule has 2 atom stereocenters. The maximum absolute atomic E-state index is 12.1. The summed E-state index contributed by atoms with van der Waals surface area (Å²) in [7, 11) is 0. The van der Waals surface area contributed by atoms with Crippen molar-refractivity contribution in [2.75, 3.05) is 10.6 Å². The first kappa shape index (κ1) is 21.2. The molecular weight excluding hydrogens is 448 g/mol. The Labute approximate surface area is 177 Å². The minimum atomic E-state index is -0.611. The van der Waals surface area contributed by atoms with Crippen LogP contribution >= 0.6 is 40.8 Å². The van der Waals surface area contributed by atoms with Gasteiger partial charge in [0.05, 0.1) is 17.0 Å². The van der Waals surface area contributed by atoms with Crippen LogP contribution in [0.1, 0.15) is 6.42 Å². The van der Waals surface area contributed by atoms with E-state index in [0.29, 0.717) is 6.29 Å². The van der Waals surface area contributed by atoms with Crippen molar-refractivity contribution in [1.82, 2.24) is 10.9 Å². The van der Waals surface area contributed by atoms with E-state index in [1.807, 2.05) is 54.6 Å². The van der Waals surface area contributed by atoms with Crippen molar-refractivity contribution in [3.05, 3.63) is 59.1 Å². The number of hydrogen-bond donors (Lipinski definition) is 5. The topological polar surface area (TPSA) is 82.3 Å². The number of halogens is 1. The van der Waals surface area contributed by atoms with Crippen LogP contribution in [-0.2, 0) is 9.59 Å². The third-order valence-corrected chi connectivity index (χ3v) is 4.93. The fourth-order valence-corrected chi connectivity index (χ4v) is 3.02. The van der Waals surface area contributed by atoms with E-state index in [-0.39, 0.29) is 17.4 Å². The molecule has 0 radical (unpaired) electrons. The fraction of sp³-hybridized carbons (Fsp3) is 0.167. The quantitative estimate of drug-likeness (QED) is 0.141. The number of thiocarbonyl (C=S) groups is 1. The van der Waals surface area contributed by atoms with Crippen molar-refractivity contribution >= 4 is 69.5 Å². The van der Waals surface area contributed by atoms with Crippen LogP contribution in [0.4, 0.5) is 11.4 Å². The number of hydrogen-bond acceptors (Lipinski definition) is 5. The lowest BCUT2D eigenvalue weighted by Crippen LogP contribution is -2.45. The van der Waals surface area contributed by atoms with Crippen molar-refractivity contribution in [3.8, 4) is 0 Å². The molecule has 6 nitrogen and oxygen atoms in total. The predicted octanol–water partition coefficient (Wildman–Crippen LogP) is 3.34. The molecular formula is C18H19BrN4O2S2. The molecule has 0 aliphatic rings. The smallest absolute Gasteiger partial charge is 0.239 e. The molecule has 2 rings (SSSR count). The molecule has 2 unspecified atom stereocenters. The number of hydrazine groups is 1. The summed E-state index contributed by atoms with van der Waals surface area (Å²) in [5.74, 6) is -0.988. The molecule has 142 valence electrons. The van der Waals surface area contributed by atoms with Crippen LogP contribution in [0.5, 0.6) is 0 Å². The highest BCUT2D eigenvalue weighted by atomic mass is 79.9. The number of para-hydroxylation sites is 2. The Morgan fingerprint density at radius 1 is 1.11 bits per heavy atom. The number of thiol groups is 1. The van der Waals surface area contributed by atoms with Gasteiger partial charge in [0.2, 0.25) is 5.91 Å². The maximum Gasteiger partial charge on any atom is 0.239 e. The van der Waals surface area contributed by atoms with Crippen LogP contribution in [-0.4, -0.2) is 22.7 Å². The van der Waals surface area contributed by atoms with Gasteiger partial charge in [-0.25, -0.2) is 0 Å². The van der Waals surface area contributed by atoms with E-state index in [0.717, 1.165) is 15.8 Å². The van der Waals surface area contributed by atoms with E-state index >= 15 is 0 Å². The molecule has 0 bridgehead atoms. The van der Waals surface area contributed by atoms with E-state index in [2.05, 4.69) is 50.0 Å². The Morgan fingerprint density at radius 2 is 1.78 bits per heavy atom. The van der Waals surface area contributed by atoms with Gasteiger partial charge in [-0.3, -0.25) is 15.6 Å². The molecule has 0 saturated carbocycles. The molecule has 0 aliphatic heterocycles. The predicted molar refractivity (Wildman–Crippen MR) is 119 cm³/mol. The number of aldehydes is 1. The Morgan fingerprint density at radius 3 is 2.44 bits per heavy atom. The van der Waals surface area contributed by atoms with Gasteiger partial charge in [-0.2, -0.15) is 12.6 Å². The first-order valence-corrected chi connectivity index (χ1v) is 9.76. The van der Waals surface area contributed by atoms with E-state index in [9.17, 15) is 9.59 Å². The third kappa shape index (κ3) is 7.20. The lowest BCUT2D eigenvalue weighted by atomic mass is 10.1. The highest BCUT2D eigenvalue weighted by molar-refractivity contribution is 9.10.